The van der Waals surface area contributed by atoms with Crippen molar-refractivity contribution in [1.29, 1.82) is 0 Å². The molecule has 2 unspecified atom stereocenters. The summed E-state index contributed by atoms with van der Waals surface area (Å²) in [5.41, 5.74) is -0.169. The second-order valence-corrected chi connectivity index (χ2v) is 4.58. The molecule has 0 aromatic carbocycles. The van der Waals surface area contributed by atoms with Gasteiger partial charge in [-0.15, -0.1) is 0 Å². The number of nitrogens with zero attached hydrogens (tertiary/aromatic N) is 2. The van der Waals surface area contributed by atoms with Gasteiger partial charge in [0.15, 0.2) is 0 Å². The zero-order valence-electron chi connectivity index (χ0n) is 11.2. The Bertz CT molecular complexity index is 405. The number of nitrogens with one attached hydrogen (secondary N) is 1. The Morgan fingerprint density at radius 1 is 1.33 bits per heavy atom. The Morgan fingerprint density at radius 2 is 1.94 bits per heavy atom. The third-order valence-electron chi connectivity index (χ3n) is 3.38. The molecule has 6 heteroatoms. The van der Waals surface area contributed by atoms with Gasteiger partial charge in [0.2, 0.25) is 17.7 Å². The number of methoxy groups -OCH3 is 2. The molecule has 1 fully saturated rings. The summed E-state index contributed by atoms with van der Waals surface area (Å²) in [4.78, 5) is 8.53. The molecular formula is C12H19N3O3. The summed E-state index contributed by atoms with van der Waals surface area (Å²) in [7, 11) is 3.13. The van der Waals surface area contributed by atoms with Gasteiger partial charge in [0.05, 0.1) is 31.9 Å². The largest absolute Gasteiger partial charge is 0.481 e. The smallest absolute Gasteiger partial charge is 0.229 e. The normalized spacial score (nSPS) is 27.0. The van der Waals surface area contributed by atoms with Crippen molar-refractivity contribution in [2.75, 3.05) is 26.1 Å². The van der Waals surface area contributed by atoms with Crippen molar-refractivity contribution in [3.8, 4) is 11.8 Å². The predicted molar refractivity (Wildman–Crippen MR) is 67.2 cm³/mol. The maximum absolute atomic E-state index is 5.57. The summed E-state index contributed by atoms with van der Waals surface area (Å²) in [6, 6.07) is 1.64. The van der Waals surface area contributed by atoms with E-state index in [1.165, 1.54) is 0 Å². The average molecular weight is 253 g/mol. The highest BCUT2D eigenvalue weighted by Crippen LogP contribution is 2.29. The lowest BCUT2D eigenvalue weighted by atomic mass is 9.95. The number of hydrogen-bond donors (Lipinski definition) is 1. The zero-order chi connectivity index (χ0) is 13.2. The molecule has 0 aliphatic carbocycles. The second kappa shape index (κ2) is 4.97. The van der Waals surface area contributed by atoms with Crippen LogP contribution in [0.3, 0.4) is 0 Å². The highest BCUT2D eigenvalue weighted by atomic mass is 16.5. The lowest BCUT2D eigenvalue weighted by Crippen LogP contribution is -2.41. The topological polar surface area (TPSA) is 65.5 Å². The minimum absolute atomic E-state index is 0.110. The predicted octanol–water partition coefficient (Wildman–Crippen LogP) is 1.47. The van der Waals surface area contributed by atoms with Gasteiger partial charge >= 0.3 is 0 Å². The Labute approximate surface area is 107 Å². The molecule has 2 rings (SSSR count). The fraction of sp³-hybridized carbons (Fsp3) is 0.667. The molecule has 1 N–H and O–H groups in total. The van der Waals surface area contributed by atoms with Crippen LogP contribution in [0.4, 0.5) is 5.95 Å². The first-order valence-electron chi connectivity index (χ1n) is 5.94. The van der Waals surface area contributed by atoms with E-state index < -0.39 is 0 Å². The molecule has 0 saturated carbocycles. The van der Waals surface area contributed by atoms with Gasteiger partial charge in [-0.1, -0.05) is 0 Å². The molecule has 100 valence electrons. The third-order valence-corrected chi connectivity index (χ3v) is 3.38. The third kappa shape index (κ3) is 2.48. The molecule has 2 atom stereocenters. The Morgan fingerprint density at radius 3 is 2.39 bits per heavy atom. The van der Waals surface area contributed by atoms with Crippen LogP contribution in [0.25, 0.3) is 0 Å². The van der Waals surface area contributed by atoms with Crippen molar-refractivity contribution in [2.45, 2.75) is 31.9 Å². The van der Waals surface area contributed by atoms with Crippen LogP contribution in [-0.2, 0) is 4.74 Å². The summed E-state index contributed by atoms with van der Waals surface area (Å²) in [6.45, 7) is 4.88. The maximum Gasteiger partial charge on any atom is 0.229 e. The highest BCUT2D eigenvalue weighted by Gasteiger charge is 2.37. The van der Waals surface area contributed by atoms with Crippen LogP contribution in [0, 0.1) is 0 Å². The second-order valence-electron chi connectivity index (χ2n) is 4.58. The van der Waals surface area contributed by atoms with E-state index in [1.807, 2.05) is 6.92 Å². The first-order valence-corrected chi connectivity index (χ1v) is 5.94. The van der Waals surface area contributed by atoms with Crippen LogP contribution in [0.2, 0.25) is 0 Å². The molecular weight excluding hydrogens is 234 g/mol. The van der Waals surface area contributed by atoms with Crippen LogP contribution in [0.5, 0.6) is 11.8 Å². The molecule has 0 spiro atoms. The van der Waals surface area contributed by atoms with E-state index in [2.05, 4.69) is 22.2 Å². The van der Waals surface area contributed by atoms with Gasteiger partial charge in [-0.25, -0.2) is 0 Å². The van der Waals surface area contributed by atoms with E-state index in [0.29, 0.717) is 17.7 Å². The quantitative estimate of drug-likeness (QED) is 0.876. The summed E-state index contributed by atoms with van der Waals surface area (Å²) in [5, 5.41) is 3.31. The van der Waals surface area contributed by atoms with Gasteiger partial charge in [-0.2, -0.15) is 9.97 Å². The van der Waals surface area contributed by atoms with Crippen molar-refractivity contribution in [3.05, 3.63) is 6.07 Å². The number of aromatic nitrogens is 2. The van der Waals surface area contributed by atoms with Gasteiger partial charge in [-0.05, 0) is 20.3 Å². The van der Waals surface area contributed by atoms with E-state index in [4.69, 9.17) is 14.2 Å². The monoisotopic (exact) mass is 253 g/mol. The number of ether oxygens (including phenoxy) is 3. The fourth-order valence-electron chi connectivity index (χ4n) is 1.92. The first kappa shape index (κ1) is 12.9. The molecule has 1 aromatic heterocycles. The zero-order valence-corrected chi connectivity index (χ0v) is 11.2. The fourth-order valence-corrected chi connectivity index (χ4v) is 1.92. The molecule has 18 heavy (non-hydrogen) atoms. The molecule has 1 aliphatic heterocycles. The van der Waals surface area contributed by atoms with E-state index in [-0.39, 0.29) is 11.6 Å². The van der Waals surface area contributed by atoms with Crippen LogP contribution in [0.1, 0.15) is 20.3 Å². The molecule has 0 amide bonds. The van der Waals surface area contributed by atoms with Crippen LogP contribution in [-0.4, -0.2) is 42.4 Å². The standard InChI is InChI=1S/C12H19N3O3/c1-8-12(2,5-6-18-8)15-11-13-9(16-3)7-10(14-11)17-4/h7-8H,5-6H2,1-4H3,(H,13,14,15). The van der Waals surface area contributed by atoms with Gasteiger partial charge in [0.1, 0.15) is 0 Å². The van der Waals surface area contributed by atoms with E-state index >= 15 is 0 Å². The number of hydrogen-bond acceptors (Lipinski definition) is 6. The average Bonchev–Trinajstić information content (AvgIpc) is 2.68. The van der Waals surface area contributed by atoms with Gasteiger partial charge < -0.3 is 19.5 Å². The summed E-state index contributed by atoms with van der Waals surface area (Å²) < 4.78 is 15.8. The molecule has 6 nitrogen and oxygen atoms in total. The van der Waals surface area contributed by atoms with Gasteiger partial charge in [-0.3, -0.25) is 0 Å². The summed E-state index contributed by atoms with van der Waals surface area (Å²) in [6.07, 6.45) is 1.02. The lowest BCUT2D eigenvalue weighted by Gasteiger charge is -2.28. The van der Waals surface area contributed by atoms with Gasteiger partial charge in [0.25, 0.3) is 0 Å². The van der Waals surface area contributed by atoms with Crippen LogP contribution >= 0.6 is 0 Å². The molecule has 2 heterocycles. The number of rotatable bonds is 4. The van der Waals surface area contributed by atoms with E-state index in [0.717, 1.165) is 13.0 Å². The highest BCUT2D eigenvalue weighted by molar-refractivity contribution is 5.37. The minimum Gasteiger partial charge on any atom is -0.481 e. The minimum atomic E-state index is -0.169. The molecule has 1 aliphatic rings. The molecule has 1 aromatic rings. The maximum atomic E-state index is 5.57. The molecule has 0 bridgehead atoms. The van der Waals surface area contributed by atoms with Crippen molar-refractivity contribution < 1.29 is 14.2 Å². The Kier molecular flexibility index (Phi) is 3.56. The molecule has 0 radical (unpaired) electrons. The van der Waals surface area contributed by atoms with Crippen LogP contribution < -0.4 is 14.8 Å². The molecule has 1 saturated heterocycles. The Hall–Kier alpha value is -1.56. The first-order chi connectivity index (χ1) is 8.57. The van der Waals surface area contributed by atoms with Crippen LogP contribution in [0.15, 0.2) is 6.07 Å². The Balaban J connectivity index is 2.22. The summed E-state index contributed by atoms with van der Waals surface area (Å²) in [5.74, 6) is 1.44. The SMILES string of the molecule is COc1cc(OC)nc(NC2(C)CCOC2C)n1. The van der Waals surface area contributed by atoms with Crippen molar-refractivity contribution in [2.24, 2.45) is 0 Å². The summed E-state index contributed by atoms with van der Waals surface area (Å²) >= 11 is 0. The van der Waals surface area contributed by atoms with E-state index in [9.17, 15) is 0 Å². The van der Waals surface area contributed by atoms with Gasteiger partial charge in [0, 0.05) is 6.61 Å². The van der Waals surface area contributed by atoms with Crippen molar-refractivity contribution in [3.63, 3.8) is 0 Å². The number of anilines is 1. The van der Waals surface area contributed by atoms with Crippen molar-refractivity contribution >= 4 is 5.95 Å². The van der Waals surface area contributed by atoms with Crippen molar-refractivity contribution in [1.82, 2.24) is 9.97 Å². The van der Waals surface area contributed by atoms with E-state index in [1.54, 1.807) is 20.3 Å². The lowest BCUT2D eigenvalue weighted by molar-refractivity contribution is 0.105.